The lowest BCUT2D eigenvalue weighted by Gasteiger charge is -2.22. The molecule has 1 aliphatic heterocycles. The van der Waals surface area contributed by atoms with Crippen molar-refractivity contribution in [1.29, 1.82) is 0 Å². The van der Waals surface area contributed by atoms with Gasteiger partial charge in [-0.2, -0.15) is 0 Å². The van der Waals surface area contributed by atoms with Crippen molar-refractivity contribution in [2.24, 2.45) is 5.92 Å². The molecule has 0 aromatic rings. The van der Waals surface area contributed by atoms with Crippen LogP contribution in [0.15, 0.2) is 0 Å². The van der Waals surface area contributed by atoms with Crippen LogP contribution in [-0.4, -0.2) is 37.4 Å². The molecule has 1 fully saturated rings. The van der Waals surface area contributed by atoms with E-state index in [-0.39, 0.29) is 0 Å². The van der Waals surface area contributed by atoms with Crippen molar-refractivity contribution in [1.82, 2.24) is 5.32 Å². The van der Waals surface area contributed by atoms with Crippen LogP contribution in [0, 0.1) is 5.92 Å². The summed E-state index contributed by atoms with van der Waals surface area (Å²) < 4.78 is 5.40. The van der Waals surface area contributed by atoms with Crippen molar-refractivity contribution in [2.45, 2.75) is 38.5 Å². The zero-order valence-electron chi connectivity index (χ0n) is 9.91. The zero-order valence-corrected chi connectivity index (χ0v) is 9.91. The third-order valence-electron chi connectivity index (χ3n) is 2.93. The van der Waals surface area contributed by atoms with Gasteiger partial charge in [0.1, 0.15) is 0 Å². The fourth-order valence-electron chi connectivity index (χ4n) is 1.98. The molecule has 1 heterocycles. The monoisotopic (exact) mass is 229 g/mol. The summed E-state index contributed by atoms with van der Waals surface area (Å²) in [4.78, 5) is 10.3. The molecule has 94 valence electrons. The molecule has 1 atom stereocenters. The van der Waals surface area contributed by atoms with E-state index in [1.54, 1.807) is 0 Å². The number of carbonyl (C=O) groups is 1. The van der Waals surface area contributed by atoms with Crippen LogP contribution < -0.4 is 5.32 Å². The number of nitrogens with one attached hydrogen (secondary N) is 1. The molecule has 0 saturated carbocycles. The van der Waals surface area contributed by atoms with Crippen molar-refractivity contribution in [2.75, 3.05) is 26.3 Å². The van der Waals surface area contributed by atoms with Crippen molar-refractivity contribution >= 4 is 5.97 Å². The first-order valence-corrected chi connectivity index (χ1v) is 6.29. The highest BCUT2D eigenvalue weighted by atomic mass is 16.5. The topological polar surface area (TPSA) is 58.6 Å². The lowest BCUT2D eigenvalue weighted by atomic mass is 10.0. The van der Waals surface area contributed by atoms with Gasteiger partial charge in [-0.05, 0) is 38.1 Å². The van der Waals surface area contributed by atoms with E-state index >= 15 is 0 Å². The number of hydrogen-bond acceptors (Lipinski definition) is 3. The number of ether oxygens (including phenoxy) is 1. The molecule has 16 heavy (non-hydrogen) atoms. The average Bonchev–Trinajstić information content (AvgIpc) is 2.29. The van der Waals surface area contributed by atoms with Crippen LogP contribution in [0.5, 0.6) is 0 Å². The van der Waals surface area contributed by atoms with Gasteiger partial charge in [0.05, 0.1) is 6.61 Å². The number of unbranched alkanes of at least 4 members (excludes halogenated alkanes) is 2. The molecule has 4 nitrogen and oxygen atoms in total. The molecule has 4 heteroatoms. The highest BCUT2D eigenvalue weighted by molar-refractivity contribution is 5.66. The van der Waals surface area contributed by atoms with Crippen LogP contribution >= 0.6 is 0 Å². The summed E-state index contributed by atoms with van der Waals surface area (Å²) in [5.74, 6) is -0.0138. The molecule has 2 N–H and O–H groups in total. The van der Waals surface area contributed by atoms with E-state index in [9.17, 15) is 4.79 Å². The Morgan fingerprint density at radius 3 is 2.94 bits per heavy atom. The predicted octanol–water partition coefficient (Wildman–Crippen LogP) is 1.65. The molecule has 1 aliphatic rings. The second kappa shape index (κ2) is 8.53. The van der Waals surface area contributed by atoms with E-state index < -0.39 is 5.97 Å². The third-order valence-corrected chi connectivity index (χ3v) is 2.93. The van der Waals surface area contributed by atoms with Crippen molar-refractivity contribution < 1.29 is 14.6 Å². The van der Waals surface area contributed by atoms with Gasteiger partial charge < -0.3 is 15.2 Å². The summed E-state index contributed by atoms with van der Waals surface area (Å²) in [6.45, 7) is 3.85. The number of carboxylic acids is 1. The fourth-order valence-corrected chi connectivity index (χ4v) is 1.98. The van der Waals surface area contributed by atoms with Crippen LogP contribution in [0.1, 0.15) is 38.5 Å². The SMILES string of the molecule is O=C(O)CCCCCNCC1CCCOC1. The predicted molar refractivity (Wildman–Crippen MR) is 62.5 cm³/mol. The van der Waals surface area contributed by atoms with Crippen LogP contribution in [0.25, 0.3) is 0 Å². The van der Waals surface area contributed by atoms with Crippen LogP contribution in [0.2, 0.25) is 0 Å². The third kappa shape index (κ3) is 6.80. The molecule has 1 saturated heterocycles. The Morgan fingerprint density at radius 1 is 1.38 bits per heavy atom. The minimum absolute atomic E-state index is 0.302. The summed E-state index contributed by atoms with van der Waals surface area (Å²) in [5, 5.41) is 11.9. The van der Waals surface area contributed by atoms with Gasteiger partial charge in [-0.1, -0.05) is 6.42 Å². The molecule has 0 aromatic carbocycles. The second-order valence-corrected chi connectivity index (χ2v) is 4.49. The maximum Gasteiger partial charge on any atom is 0.303 e. The quantitative estimate of drug-likeness (QED) is 0.621. The first-order valence-electron chi connectivity index (χ1n) is 6.29. The van der Waals surface area contributed by atoms with Crippen LogP contribution in [-0.2, 0) is 9.53 Å². The molecule has 0 amide bonds. The standard InChI is InChI=1S/C12H23NO3/c14-12(15)6-2-1-3-7-13-9-11-5-4-8-16-10-11/h11,13H,1-10H2,(H,14,15). The van der Waals surface area contributed by atoms with Crippen molar-refractivity contribution in [3.63, 3.8) is 0 Å². The molecule has 0 radical (unpaired) electrons. The van der Waals surface area contributed by atoms with Crippen molar-refractivity contribution in [3.8, 4) is 0 Å². The lowest BCUT2D eigenvalue weighted by Crippen LogP contribution is -2.29. The zero-order chi connectivity index (χ0) is 11.6. The van der Waals surface area contributed by atoms with E-state index in [0.29, 0.717) is 12.3 Å². The van der Waals surface area contributed by atoms with Gasteiger partial charge in [-0.15, -0.1) is 0 Å². The molecule has 0 aliphatic carbocycles. The largest absolute Gasteiger partial charge is 0.481 e. The lowest BCUT2D eigenvalue weighted by molar-refractivity contribution is -0.137. The highest BCUT2D eigenvalue weighted by Crippen LogP contribution is 2.12. The highest BCUT2D eigenvalue weighted by Gasteiger charge is 2.12. The van der Waals surface area contributed by atoms with Gasteiger partial charge in [0, 0.05) is 19.6 Å². The van der Waals surface area contributed by atoms with Crippen LogP contribution in [0.4, 0.5) is 0 Å². The summed E-state index contributed by atoms with van der Waals surface area (Å²) in [5.41, 5.74) is 0. The number of rotatable bonds is 8. The molecular weight excluding hydrogens is 206 g/mol. The second-order valence-electron chi connectivity index (χ2n) is 4.49. The molecule has 1 rings (SSSR count). The molecule has 1 unspecified atom stereocenters. The van der Waals surface area contributed by atoms with E-state index in [1.807, 2.05) is 0 Å². The summed E-state index contributed by atoms with van der Waals surface area (Å²) in [7, 11) is 0. The maximum absolute atomic E-state index is 10.3. The van der Waals surface area contributed by atoms with E-state index in [1.165, 1.54) is 12.8 Å². The number of hydrogen-bond donors (Lipinski definition) is 2. The first kappa shape index (κ1) is 13.5. The number of carboxylic acid groups (broad SMARTS) is 1. The van der Waals surface area contributed by atoms with Crippen molar-refractivity contribution in [3.05, 3.63) is 0 Å². The Bertz CT molecular complexity index is 191. The average molecular weight is 229 g/mol. The maximum atomic E-state index is 10.3. The first-order chi connectivity index (χ1) is 7.79. The Labute approximate surface area is 97.4 Å². The number of aliphatic carboxylic acids is 1. The molecular formula is C12H23NO3. The van der Waals surface area contributed by atoms with Gasteiger partial charge in [0.25, 0.3) is 0 Å². The normalized spacial score (nSPS) is 20.9. The Balaban J connectivity index is 1.82. The van der Waals surface area contributed by atoms with Gasteiger partial charge in [-0.3, -0.25) is 4.79 Å². The summed E-state index contributed by atoms with van der Waals surface area (Å²) >= 11 is 0. The molecule has 0 spiro atoms. The fraction of sp³-hybridized carbons (Fsp3) is 0.917. The minimum atomic E-state index is -0.688. The van der Waals surface area contributed by atoms with Gasteiger partial charge >= 0.3 is 5.97 Å². The van der Waals surface area contributed by atoms with Gasteiger partial charge in [0.15, 0.2) is 0 Å². The molecule has 0 bridgehead atoms. The molecule has 0 aromatic heterocycles. The Kier molecular flexibility index (Phi) is 7.17. The van der Waals surface area contributed by atoms with Gasteiger partial charge in [-0.25, -0.2) is 0 Å². The van der Waals surface area contributed by atoms with Crippen LogP contribution in [0.3, 0.4) is 0 Å². The Hall–Kier alpha value is -0.610. The van der Waals surface area contributed by atoms with E-state index in [4.69, 9.17) is 9.84 Å². The van der Waals surface area contributed by atoms with E-state index in [0.717, 1.165) is 45.6 Å². The Morgan fingerprint density at radius 2 is 2.25 bits per heavy atom. The smallest absolute Gasteiger partial charge is 0.303 e. The van der Waals surface area contributed by atoms with Gasteiger partial charge in [0.2, 0.25) is 0 Å². The summed E-state index contributed by atoms with van der Waals surface area (Å²) in [6, 6.07) is 0. The minimum Gasteiger partial charge on any atom is -0.481 e. The van der Waals surface area contributed by atoms with E-state index in [2.05, 4.69) is 5.32 Å². The summed E-state index contributed by atoms with van der Waals surface area (Å²) in [6.07, 6.45) is 5.62.